The smallest absolute Gasteiger partial charge is 0.265 e. The van der Waals surface area contributed by atoms with E-state index in [0.29, 0.717) is 17.1 Å². The number of carbonyl (C=O) groups is 1. The van der Waals surface area contributed by atoms with Gasteiger partial charge in [-0.1, -0.05) is 41.9 Å². The van der Waals surface area contributed by atoms with Crippen molar-refractivity contribution in [2.24, 2.45) is 0 Å². The lowest BCUT2D eigenvalue weighted by Crippen LogP contribution is -2.38. The lowest BCUT2D eigenvalue weighted by molar-refractivity contribution is 0.0933. The Balaban J connectivity index is 1.74. The van der Waals surface area contributed by atoms with Crippen LogP contribution in [0.4, 0.5) is 0 Å². The first-order valence-electron chi connectivity index (χ1n) is 6.08. The third kappa shape index (κ3) is 4.39. The lowest BCUT2D eigenvalue weighted by atomic mass is 10.2. The van der Waals surface area contributed by atoms with Gasteiger partial charge in [0.15, 0.2) is 0 Å². The molecule has 0 unspecified atom stereocenters. The molecule has 0 saturated carbocycles. The van der Waals surface area contributed by atoms with Gasteiger partial charge in [0.1, 0.15) is 0 Å². The van der Waals surface area contributed by atoms with E-state index in [1.54, 1.807) is 24.3 Å². The molecule has 2 aromatic rings. The zero-order valence-corrected chi connectivity index (χ0v) is 11.2. The minimum absolute atomic E-state index is 0.162. The van der Waals surface area contributed by atoms with Gasteiger partial charge in [0, 0.05) is 17.1 Å². The number of benzene rings is 2. The number of hydrogen-bond donors (Lipinski definition) is 2. The maximum Gasteiger partial charge on any atom is 0.265 e. The predicted molar refractivity (Wildman–Crippen MR) is 77.1 cm³/mol. The fraction of sp³-hybridized carbons (Fsp3) is 0.133. The van der Waals surface area contributed by atoms with E-state index in [-0.39, 0.29) is 5.91 Å². The van der Waals surface area contributed by atoms with E-state index in [9.17, 15) is 4.79 Å². The summed E-state index contributed by atoms with van der Waals surface area (Å²) in [6.07, 6.45) is 0.863. The fourth-order valence-corrected chi connectivity index (χ4v) is 1.79. The minimum Gasteiger partial charge on any atom is -0.287 e. The minimum atomic E-state index is -0.162. The third-order valence-corrected chi connectivity index (χ3v) is 2.94. The van der Waals surface area contributed by atoms with Gasteiger partial charge >= 0.3 is 0 Å². The monoisotopic (exact) mass is 274 g/mol. The van der Waals surface area contributed by atoms with Crippen molar-refractivity contribution in [2.75, 3.05) is 6.54 Å². The first-order chi connectivity index (χ1) is 9.25. The Morgan fingerprint density at radius 1 is 1.00 bits per heavy atom. The molecule has 1 amide bonds. The van der Waals surface area contributed by atoms with E-state index < -0.39 is 0 Å². The molecule has 2 rings (SSSR count). The van der Waals surface area contributed by atoms with Crippen LogP contribution in [0.5, 0.6) is 0 Å². The Bertz CT molecular complexity index is 526. The maximum atomic E-state index is 11.8. The molecule has 0 heterocycles. The molecule has 0 fully saturated rings. The molecule has 0 saturated heterocycles. The molecule has 0 radical (unpaired) electrons. The highest BCUT2D eigenvalue weighted by molar-refractivity contribution is 6.30. The molecule has 2 N–H and O–H groups in total. The van der Waals surface area contributed by atoms with Gasteiger partial charge in [-0.05, 0) is 36.2 Å². The molecular weight excluding hydrogens is 260 g/mol. The number of carbonyl (C=O) groups excluding carboxylic acids is 1. The van der Waals surface area contributed by atoms with Gasteiger partial charge in [-0.15, -0.1) is 0 Å². The van der Waals surface area contributed by atoms with Gasteiger partial charge < -0.3 is 0 Å². The zero-order chi connectivity index (χ0) is 13.5. The summed E-state index contributed by atoms with van der Waals surface area (Å²) < 4.78 is 0. The van der Waals surface area contributed by atoms with Crippen LogP contribution >= 0.6 is 11.6 Å². The van der Waals surface area contributed by atoms with E-state index in [4.69, 9.17) is 11.6 Å². The Hall–Kier alpha value is -1.84. The molecule has 0 aliphatic carbocycles. The SMILES string of the molecule is O=C(NNCCc1ccccc1)c1ccc(Cl)cc1. The predicted octanol–water partition coefficient (Wildman–Crippen LogP) is 2.82. The maximum absolute atomic E-state index is 11.8. The highest BCUT2D eigenvalue weighted by Crippen LogP contribution is 2.08. The molecule has 0 bridgehead atoms. The van der Waals surface area contributed by atoms with Crippen LogP contribution in [0.25, 0.3) is 0 Å². The molecule has 0 aromatic heterocycles. The van der Waals surface area contributed by atoms with Crippen molar-refractivity contribution in [3.63, 3.8) is 0 Å². The van der Waals surface area contributed by atoms with Crippen molar-refractivity contribution in [1.82, 2.24) is 10.9 Å². The van der Waals surface area contributed by atoms with E-state index in [0.717, 1.165) is 6.42 Å². The van der Waals surface area contributed by atoms with Crippen LogP contribution < -0.4 is 10.9 Å². The Labute approximate surface area is 117 Å². The molecule has 0 aliphatic rings. The Kier molecular flexibility index (Phi) is 4.95. The summed E-state index contributed by atoms with van der Waals surface area (Å²) in [6, 6.07) is 16.9. The summed E-state index contributed by atoms with van der Waals surface area (Å²) in [5, 5.41) is 0.619. The second-order valence-electron chi connectivity index (χ2n) is 4.12. The van der Waals surface area contributed by atoms with Crippen LogP contribution in [0.2, 0.25) is 5.02 Å². The number of halogens is 1. The largest absolute Gasteiger partial charge is 0.287 e. The van der Waals surface area contributed by atoms with E-state index in [1.807, 2.05) is 18.2 Å². The summed E-state index contributed by atoms with van der Waals surface area (Å²) in [5.41, 5.74) is 7.38. The zero-order valence-electron chi connectivity index (χ0n) is 10.4. The van der Waals surface area contributed by atoms with Crippen LogP contribution in [-0.2, 0) is 6.42 Å². The number of hydrazine groups is 1. The Morgan fingerprint density at radius 2 is 1.68 bits per heavy atom. The topological polar surface area (TPSA) is 41.1 Å². The fourth-order valence-electron chi connectivity index (χ4n) is 1.67. The third-order valence-electron chi connectivity index (χ3n) is 2.69. The first kappa shape index (κ1) is 13.6. The number of nitrogens with one attached hydrogen (secondary N) is 2. The lowest BCUT2D eigenvalue weighted by Gasteiger charge is -2.07. The van der Waals surface area contributed by atoms with Crippen molar-refractivity contribution in [2.45, 2.75) is 6.42 Å². The van der Waals surface area contributed by atoms with Gasteiger partial charge in [0.05, 0.1) is 0 Å². The van der Waals surface area contributed by atoms with Crippen molar-refractivity contribution in [3.05, 3.63) is 70.7 Å². The van der Waals surface area contributed by atoms with Crippen LogP contribution in [-0.4, -0.2) is 12.5 Å². The average molecular weight is 275 g/mol. The van der Waals surface area contributed by atoms with Crippen molar-refractivity contribution in [3.8, 4) is 0 Å². The molecule has 3 nitrogen and oxygen atoms in total. The highest BCUT2D eigenvalue weighted by atomic mass is 35.5. The summed E-state index contributed by atoms with van der Waals surface area (Å²) in [7, 11) is 0. The number of amides is 1. The number of rotatable bonds is 5. The molecule has 0 spiro atoms. The van der Waals surface area contributed by atoms with Crippen LogP contribution in [0.1, 0.15) is 15.9 Å². The average Bonchev–Trinajstić information content (AvgIpc) is 2.45. The molecule has 19 heavy (non-hydrogen) atoms. The standard InChI is InChI=1S/C15H15ClN2O/c16-14-8-6-13(7-9-14)15(19)18-17-11-10-12-4-2-1-3-5-12/h1-9,17H,10-11H2,(H,18,19). The van der Waals surface area contributed by atoms with Crippen LogP contribution in [0, 0.1) is 0 Å². The molecule has 4 heteroatoms. The summed E-state index contributed by atoms with van der Waals surface area (Å²) in [5.74, 6) is -0.162. The second kappa shape index (κ2) is 6.92. The molecule has 0 aliphatic heterocycles. The van der Waals surface area contributed by atoms with Crippen LogP contribution in [0.3, 0.4) is 0 Å². The molecule has 0 atom stereocenters. The summed E-state index contributed by atoms with van der Waals surface area (Å²) in [6.45, 7) is 0.684. The quantitative estimate of drug-likeness (QED) is 0.650. The van der Waals surface area contributed by atoms with Crippen LogP contribution in [0.15, 0.2) is 54.6 Å². The van der Waals surface area contributed by atoms with Gasteiger partial charge in [-0.3, -0.25) is 10.2 Å². The molecule has 2 aromatic carbocycles. The van der Waals surface area contributed by atoms with Gasteiger partial charge in [0.25, 0.3) is 5.91 Å². The van der Waals surface area contributed by atoms with E-state index in [2.05, 4.69) is 23.0 Å². The highest BCUT2D eigenvalue weighted by Gasteiger charge is 2.03. The second-order valence-corrected chi connectivity index (χ2v) is 4.56. The van der Waals surface area contributed by atoms with Crippen molar-refractivity contribution >= 4 is 17.5 Å². The van der Waals surface area contributed by atoms with Gasteiger partial charge in [0.2, 0.25) is 0 Å². The summed E-state index contributed by atoms with van der Waals surface area (Å²) >= 11 is 5.76. The molecular formula is C15H15ClN2O. The van der Waals surface area contributed by atoms with Gasteiger partial charge in [-0.25, -0.2) is 5.43 Å². The first-order valence-corrected chi connectivity index (χ1v) is 6.46. The normalized spacial score (nSPS) is 10.2. The number of hydrogen-bond acceptors (Lipinski definition) is 2. The van der Waals surface area contributed by atoms with Crippen molar-refractivity contribution < 1.29 is 4.79 Å². The Morgan fingerprint density at radius 3 is 2.37 bits per heavy atom. The van der Waals surface area contributed by atoms with Crippen molar-refractivity contribution in [1.29, 1.82) is 0 Å². The molecule has 98 valence electrons. The van der Waals surface area contributed by atoms with Gasteiger partial charge in [-0.2, -0.15) is 0 Å². The van der Waals surface area contributed by atoms with E-state index >= 15 is 0 Å². The summed E-state index contributed by atoms with van der Waals surface area (Å²) in [4.78, 5) is 11.8. The van der Waals surface area contributed by atoms with E-state index in [1.165, 1.54) is 5.56 Å².